The molecule has 0 saturated heterocycles. The predicted octanol–water partition coefficient (Wildman–Crippen LogP) is 2.66. The lowest BCUT2D eigenvalue weighted by molar-refractivity contribution is 0.242. The molecule has 1 saturated carbocycles. The number of nitrogens with two attached hydrogens (primary N) is 1. The summed E-state index contributed by atoms with van der Waals surface area (Å²) < 4.78 is 11.0. The zero-order chi connectivity index (χ0) is 12.6. The highest BCUT2D eigenvalue weighted by atomic mass is 16.5. The minimum absolute atomic E-state index is 0.225. The van der Waals surface area contributed by atoms with Gasteiger partial charge in [-0.25, -0.2) is 0 Å². The lowest BCUT2D eigenvalue weighted by atomic mass is 9.71. The van der Waals surface area contributed by atoms with E-state index in [0.717, 1.165) is 41.0 Å². The number of benzene rings is 1. The Balaban J connectivity index is 2.60. The van der Waals surface area contributed by atoms with Gasteiger partial charge in [0.15, 0.2) is 0 Å². The monoisotopic (exact) mass is 235 g/mol. The van der Waals surface area contributed by atoms with Crippen molar-refractivity contribution in [3.05, 3.63) is 22.8 Å². The molecule has 3 heteroatoms. The van der Waals surface area contributed by atoms with Crippen LogP contribution >= 0.6 is 0 Å². The molecule has 1 aliphatic carbocycles. The largest absolute Gasteiger partial charge is 0.496 e. The van der Waals surface area contributed by atoms with E-state index in [4.69, 9.17) is 15.2 Å². The SMILES string of the molecule is COc1cc(C2(N)CCC2)c(OC)c(C)c1C. The van der Waals surface area contributed by atoms with Crippen LogP contribution in [-0.2, 0) is 5.54 Å². The average Bonchev–Trinajstić information content (AvgIpc) is 2.29. The van der Waals surface area contributed by atoms with Crippen molar-refractivity contribution in [3.8, 4) is 11.5 Å². The smallest absolute Gasteiger partial charge is 0.127 e. The normalized spacial score (nSPS) is 17.5. The Bertz CT molecular complexity index is 436. The molecule has 17 heavy (non-hydrogen) atoms. The quantitative estimate of drug-likeness (QED) is 0.876. The molecule has 0 radical (unpaired) electrons. The molecule has 0 unspecified atom stereocenters. The highest BCUT2D eigenvalue weighted by Crippen LogP contribution is 2.46. The van der Waals surface area contributed by atoms with E-state index >= 15 is 0 Å². The van der Waals surface area contributed by atoms with Gasteiger partial charge in [0, 0.05) is 11.1 Å². The number of ether oxygens (including phenoxy) is 2. The molecule has 2 N–H and O–H groups in total. The highest BCUT2D eigenvalue weighted by molar-refractivity contribution is 5.55. The van der Waals surface area contributed by atoms with Gasteiger partial charge in [0.1, 0.15) is 11.5 Å². The molecule has 1 aromatic rings. The predicted molar refractivity (Wildman–Crippen MR) is 68.7 cm³/mol. The summed E-state index contributed by atoms with van der Waals surface area (Å²) >= 11 is 0. The topological polar surface area (TPSA) is 44.5 Å². The molecule has 0 aliphatic heterocycles. The Morgan fingerprint density at radius 1 is 1.12 bits per heavy atom. The Kier molecular flexibility index (Phi) is 3.04. The summed E-state index contributed by atoms with van der Waals surface area (Å²) in [6.45, 7) is 4.10. The molecule has 3 nitrogen and oxygen atoms in total. The summed E-state index contributed by atoms with van der Waals surface area (Å²) in [7, 11) is 3.40. The first-order valence-electron chi connectivity index (χ1n) is 6.05. The third kappa shape index (κ3) is 1.78. The summed E-state index contributed by atoms with van der Waals surface area (Å²) in [5.41, 5.74) is 9.52. The second kappa shape index (κ2) is 4.22. The Morgan fingerprint density at radius 3 is 2.18 bits per heavy atom. The molecule has 2 rings (SSSR count). The second-order valence-electron chi connectivity index (χ2n) is 4.92. The maximum Gasteiger partial charge on any atom is 0.127 e. The molecule has 0 heterocycles. The van der Waals surface area contributed by atoms with Gasteiger partial charge in [0.2, 0.25) is 0 Å². The van der Waals surface area contributed by atoms with Gasteiger partial charge in [-0.15, -0.1) is 0 Å². The highest BCUT2D eigenvalue weighted by Gasteiger charge is 2.38. The average molecular weight is 235 g/mol. The van der Waals surface area contributed by atoms with Crippen molar-refractivity contribution in [1.82, 2.24) is 0 Å². The zero-order valence-electron chi connectivity index (χ0n) is 11.1. The van der Waals surface area contributed by atoms with Crippen LogP contribution in [0.4, 0.5) is 0 Å². The van der Waals surface area contributed by atoms with E-state index in [0.29, 0.717) is 0 Å². The van der Waals surface area contributed by atoms with E-state index in [9.17, 15) is 0 Å². The van der Waals surface area contributed by atoms with Crippen LogP contribution in [0.2, 0.25) is 0 Å². The Hall–Kier alpha value is -1.22. The number of rotatable bonds is 3. The first kappa shape index (κ1) is 12.2. The number of hydrogen-bond donors (Lipinski definition) is 1. The lowest BCUT2D eigenvalue weighted by Gasteiger charge is -2.40. The van der Waals surface area contributed by atoms with Crippen LogP contribution in [0.5, 0.6) is 11.5 Å². The number of methoxy groups -OCH3 is 2. The lowest BCUT2D eigenvalue weighted by Crippen LogP contribution is -2.43. The summed E-state index contributed by atoms with van der Waals surface area (Å²) in [6, 6.07) is 2.04. The molecule has 0 aromatic heterocycles. The first-order valence-corrected chi connectivity index (χ1v) is 6.05. The van der Waals surface area contributed by atoms with Crippen LogP contribution in [0.3, 0.4) is 0 Å². The van der Waals surface area contributed by atoms with Crippen molar-refractivity contribution in [2.75, 3.05) is 14.2 Å². The summed E-state index contributed by atoms with van der Waals surface area (Å²) in [6.07, 6.45) is 3.24. The van der Waals surface area contributed by atoms with Crippen molar-refractivity contribution in [2.24, 2.45) is 5.73 Å². The summed E-state index contributed by atoms with van der Waals surface area (Å²) in [5, 5.41) is 0. The van der Waals surface area contributed by atoms with Crippen molar-refractivity contribution >= 4 is 0 Å². The van der Waals surface area contributed by atoms with Crippen molar-refractivity contribution in [3.63, 3.8) is 0 Å². The molecule has 0 bridgehead atoms. The van der Waals surface area contributed by atoms with Crippen molar-refractivity contribution in [1.29, 1.82) is 0 Å². The fourth-order valence-corrected chi connectivity index (χ4v) is 2.53. The molecule has 0 spiro atoms. The fourth-order valence-electron chi connectivity index (χ4n) is 2.53. The van der Waals surface area contributed by atoms with Crippen LogP contribution in [0.25, 0.3) is 0 Å². The van der Waals surface area contributed by atoms with E-state index < -0.39 is 0 Å². The fraction of sp³-hybridized carbons (Fsp3) is 0.571. The van der Waals surface area contributed by atoms with E-state index in [2.05, 4.69) is 6.92 Å². The van der Waals surface area contributed by atoms with E-state index in [1.165, 1.54) is 6.42 Å². The first-order chi connectivity index (χ1) is 8.03. The van der Waals surface area contributed by atoms with Gasteiger partial charge >= 0.3 is 0 Å². The summed E-state index contributed by atoms with van der Waals surface area (Å²) in [4.78, 5) is 0. The van der Waals surface area contributed by atoms with Gasteiger partial charge in [-0.1, -0.05) is 0 Å². The van der Waals surface area contributed by atoms with Gasteiger partial charge in [-0.05, 0) is 50.3 Å². The molecule has 1 aromatic carbocycles. The third-order valence-corrected chi connectivity index (χ3v) is 4.00. The van der Waals surface area contributed by atoms with Crippen LogP contribution in [0.15, 0.2) is 6.07 Å². The minimum atomic E-state index is -0.225. The molecular formula is C14H21NO2. The van der Waals surface area contributed by atoms with Crippen LogP contribution in [-0.4, -0.2) is 14.2 Å². The van der Waals surface area contributed by atoms with Gasteiger partial charge in [0.05, 0.1) is 14.2 Å². The maximum absolute atomic E-state index is 6.41. The molecule has 94 valence electrons. The number of hydrogen-bond acceptors (Lipinski definition) is 3. The maximum atomic E-state index is 6.41. The molecule has 1 fully saturated rings. The second-order valence-corrected chi connectivity index (χ2v) is 4.92. The van der Waals surface area contributed by atoms with Gasteiger partial charge in [-0.2, -0.15) is 0 Å². The Labute approximate surface area is 103 Å². The van der Waals surface area contributed by atoms with E-state index in [1.54, 1.807) is 14.2 Å². The summed E-state index contributed by atoms with van der Waals surface area (Å²) in [5.74, 6) is 1.82. The van der Waals surface area contributed by atoms with Crippen LogP contribution in [0.1, 0.15) is 36.0 Å². The molecule has 1 aliphatic rings. The molecule has 0 atom stereocenters. The van der Waals surface area contributed by atoms with Crippen molar-refractivity contribution < 1.29 is 9.47 Å². The van der Waals surface area contributed by atoms with E-state index in [1.807, 2.05) is 13.0 Å². The van der Waals surface area contributed by atoms with Gasteiger partial charge in [0.25, 0.3) is 0 Å². The van der Waals surface area contributed by atoms with Crippen molar-refractivity contribution in [2.45, 2.75) is 38.6 Å². The van der Waals surface area contributed by atoms with Gasteiger partial charge < -0.3 is 15.2 Å². The van der Waals surface area contributed by atoms with Crippen LogP contribution < -0.4 is 15.2 Å². The third-order valence-electron chi connectivity index (χ3n) is 4.00. The van der Waals surface area contributed by atoms with Crippen LogP contribution in [0, 0.1) is 13.8 Å². The standard InChI is InChI=1S/C14H21NO2/c1-9-10(2)13(17-4)11(8-12(9)16-3)14(15)6-5-7-14/h8H,5-7,15H2,1-4H3. The van der Waals surface area contributed by atoms with E-state index in [-0.39, 0.29) is 5.54 Å². The molecular weight excluding hydrogens is 214 g/mol. The zero-order valence-corrected chi connectivity index (χ0v) is 11.1. The molecule has 0 amide bonds. The minimum Gasteiger partial charge on any atom is -0.496 e. The van der Waals surface area contributed by atoms with Gasteiger partial charge in [-0.3, -0.25) is 0 Å². The Morgan fingerprint density at radius 2 is 1.76 bits per heavy atom.